The third-order valence-corrected chi connectivity index (χ3v) is 4.57. The van der Waals surface area contributed by atoms with Crippen LogP contribution in [0, 0.1) is 0 Å². The smallest absolute Gasteiger partial charge is 0.336 e. The molecule has 0 amide bonds. The minimum atomic E-state index is -2.43. The van der Waals surface area contributed by atoms with Gasteiger partial charge in [0, 0.05) is 33.1 Å². The lowest BCUT2D eigenvalue weighted by Gasteiger charge is -2.09. The molecule has 0 saturated heterocycles. The third-order valence-electron chi connectivity index (χ3n) is 3.35. The molecule has 24 heavy (non-hydrogen) atoms. The number of hydrogen-bond acceptors (Lipinski definition) is 4. The van der Waals surface area contributed by atoms with Gasteiger partial charge in [-0.05, 0) is 48.0 Å². The zero-order valence-corrected chi connectivity index (χ0v) is 14.7. The maximum Gasteiger partial charge on any atom is 0.336 e. The summed E-state index contributed by atoms with van der Waals surface area (Å²) >= 11 is 3.86. The van der Waals surface area contributed by atoms with E-state index in [4.69, 9.17) is 4.42 Å². The molecule has 0 radical (unpaired) electrons. The van der Waals surface area contributed by atoms with Gasteiger partial charge < -0.3 is 9.73 Å². The van der Waals surface area contributed by atoms with Crippen molar-refractivity contribution in [2.24, 2.45) is 0 Å². The molecular formula is C17H12BrF2NO2S. The van der Waals surface area contributed by atoms with Crippen molar-refractivity contribution in [2.75, 3.05) is 5.32 Å². The minimum absolute atomic E-state index is 0.416. The molecule has 0 aliphatic rings. The number of fused-ring (bicyclic) bond motifs is 1. The first-order valence-electron chi connectivity index (χ1n) is 7.02. The molecule has 0 spiro atoms. The number of hydrogen-bond donors (Lipinski definition) is 1. The fourth-order valence-corrected chi connectivity index (χ4v) is 3.14. The van der Waals surface area contributed by atoms with Gasteiger partial charge in [-0.25, -0.2) is 4.79 Å². The summed E-state index contributed by atoms with van der Waals surface area (Å²) in [5.74, 6) is -2.43. The predicted octanol–water partition coefficient (Wildman–Crippen LogP) is 5.48. The molecule has 1 heterocycles. The number of halogens is 3. The highest BCUT2D eigenvalue weighted by Gasteiger charge is 2.07. The first kappa shape index (κ1) is 17.0. The van der Waals surface area contributed by atoms with Crippen molar-refractivity contribution in [2.45, 2.75) is 17.2 Å². The molecule has 1 N–H and O–H groups in total. The summed E-state index contributed by atoms with van der Waals surface area (Å²) in [7, 11) is 0. The molecule has 0 fully saturated rings. The van der Waals surface area contributed by atoms with Crippen LogP contribution in [0.2, 0.25) is 0 Å². The lowest BCUT2D eigenvalue weighted by Crippen LogP contribution is -2.05. The van der Waals surface area contributed by atoms with Crippen LogP contribution in [0.5, 0.6) is 0 Å². The minimum Gasteiger partial charge on any atom is -0.423 e. The fraction of sp³-hybridized carbons (Fsp3) is 0.118. The molecule has 1 aromatic heterocycles. The van der Waals surface area contributed by atoms with E-state index in [1.54, 1.807) is 30.3 Å². The summed E-state index contributed by atoms with van der Waals surface area (Å²) < 4.78 is 30.7. The van der Waals surface area contributed by atoms with Gasteiger partial charge >= 0.3 is 5.63 Å². The second-order valence-electron chi connectivity index (χ2n) is 4.99. The predicted molar refractivity (Wildman–Crippen MR) is 95.8 cm³/mol. The Morgan fingerprint density at radius 1 is 1.12 bits per heavy atom. The van der Waals surface area contributed by atoms with Crippen molar-refractivity contribution in [3.05, 3.63) is 69.0 Å². The van der Waals surface area contributed by atoms with Crippen molar-refractivity contribution in [1.29, 1.82) is 0 Å². The SMILES string of the molecule is O=c1cc(CNc2ccc(SC(F)F)cc2)c2ccc(Br)cc2o1. The molecule has 0 saturated carbocycles. The van der Waals surface area contributed by atoms with Crippen LogP contribution in [-0.2, 0) is 6.54 Å². The highest BCUT2D eigenvalue weighted by Crippen LogP contribution is 2.27. The standard InChI is InChI=1S/C17H12BrF2NO2S/c18-11-1-6-14-10(7-16(22)23-15(14)8-11)9-21-12-2-4-13(5-3-12)24-17(19)20/h1-8,17,21H,9H2. The molecule has 0 unspecified atom stereocenters. The van der Waals surface area contributed by atoms with E-state index in [-0.39, 0.29) is 0 Å². The molecule has 7 heteroatoms. The van der Waals surface area contributed by atoms with Crippen LogP contribution in [0.1, 0.15) is 5.56 Å². The Hall–Kier alpha value is -1.86. The molecule has 3 aromatic rings. The summed E-state index contributed by atoms with van der Waals surface area (Å²) in [6, 6.07) is 13.7. The largest absolute Gasteiger partial charge is 0.423 e. The van der Waals surface area contributed by atoms with Crippen molar-refractivity contribution in [1.82, 2.24) is 0 Å². The van der Waals surface area contributed by atoms with E-state index in [0.717, 1.165) is 21.1 Å². The Morgan fingerprint density at radius 2 is 1.88 bits per heavy atom. The number of thioether (sulfide) groups is 1. The molecule has 0 bridgehead atoms. The molecular weight excluding hydrogens is 400 g/mol. The maximum atomic E-state index is 12.3. The van der Waals surface area contributed by atoms with Crippen LogP contribution in [0.4, 0.5) is 14.5 Å². The van der Waals surface area contributed by atoms with Crippen molar-refractivity contribution >= 4 is 44.3 Å². The van der Waals surface area contributed by atoms with Gasteiger partial charge in [-0.3, -0.25) is 0 Å². The number of anilines is 1. The van der Waals surface area contributed by atoms with Crippen LogP contribution < -0.4 is 10.9 Å². The highest BCUT2D eigenvalue weighted by atomic mass is 79.9. The van der Waals surface area contributed by atoms with Crippen molar-refractivity contribution in [3.63, 3.8) is 0 Å². The molecule has 3 nitrogen and oxygen atoms in total. The second-order valence-corrected chi connectivity index (χ2v) is 6.97. The van der Waals surface area contributed by atoms with Crippen LogP contribution in [-0.4, -0.2) is 5.76 Å². The highest BCUT2D eigenvalue weighted by molar-refractivity contribution is 9.10. The van der Waals surface area contributed by atoms with Crippen molar-refractivity contribution < 1.29 is 13.2 Å². The van der Waals surface area contributed by atoms with E-state index >= 15 is 0 Å². The maximum absolute atomic E-state index is 12.3. The summed E-state index contributed by atoms with van der Waals surface area (Å²) in [4.78, 5) is 12.2. The van der Waals surface area contributed by atoms with Crippen LogP contribution in [0.15, 0.2) is 67.1 Å². The quantitative estimate of drug-likeness (QED) is 0.445. The van der Waals surface area contributed by atoms with E-state index in [1.165, 1.54) is 6.07 Å². The first-order chi connectivity index (χ1) is 11.5. The van der Waals surface area contributed by atoms with E-state index in [2.05, 4.69) is 21.2 Å². The topological polar surface area (TPSA) is 42.2 Å². The Bertz CT molecular complexity index is 913. The van der Waals surface area contributed by atoms with Crippen molar-refractivity contribution in [3.8, 4) is 0 Å². The Labute approximate surface area is 149 Å². The average Bonchev–Trinajstić information content (AvgIpc) is 2.52. The monoisotopic (exact) mass is 411 g/mol. The zero-order valence-electron chi connectivity index (χ0n) is 12.3. The molecule has 3 rings (SSSR count). The summed E-state index contributed by atoms with van der Waals surface area (Å²) in [6.45, 7) is 0.422. The fourth-order valence-electron chi connectivity index (χ4n) is 2.30. The van der Waals surface area contributed by atoms with Gasteiger partial charge in [-0.2, -0.15) is 8.78 Å². The van der Waals surface area contributed by atoms with E-state index in [9.17, 15) is 13.6 Å². The molecule has 0 aliphatic heterocycles. The van der Waals surface area contributed by atoms with Gasteiger partial charge in [0.25, 0.3) is 5.76 Å². The van der Waals surface area contributed by atoms with Gasteiger partial charge in [-0.1, -0.05) is 27.7 Å². The van der Waals surface area contributed by atoms with E-state index in [1.807, 2.05) is 12.1 Å². The third kappa shape index (κ3) is 4.15. The van der Waals surface area contributed by atoms with E-state index in [0.29, 0.717) is 28.8 Å². The lowest BCUT2D eigenvalue weighted by atomic mass is 10.1. The van der Waals surface area contributed by atoms with Gasteiger partial charge in [-0.15, -0.1) is 0 Å². The molecule has 0 atom stereocenters. The van der Waals surface area contributed by atoms with E-state index < -0.39 is 11.4 Å². The van der Waals surface area contributed by atoms with Gasteiger partial charge in [0.05, 0.1) is 0 Å². The second kappa shape index (κ2) is 7.36. The average molecular weight is 412 g/mol. The van der Waals surface area contributed by atoms with Gasteiger partial charge in [0.1, 0.15) is 5.58 Å². The van der Waals surface area contributed by atoms with Crippen LogP contribution in [0.3, 0.4) is 0 Å². The molecule has 2 aromatic carbocycles. The molecule has 124 valence electrons. The lowest BCUT2D eigenvalue weighted by molar-refractivity contribution is 0.252. The Balaban J connectivity index is 1.79. The Morgan fingerprint density at radius 3 is 2.58 bits per heavy atom. The summed E-state index contributed by atoms with van der Waals surface area (Å²) in [5.41, 5.74) is 1.69. The number of rotatable bonds is 5. The van der Waals surface area contributed by atoms with Crippen LogP contribution in [0.25, 0.3) is 11.0 Å². The zero-order chi connectivity index (χ0) is 17.1. The summed E-state index contributed by atoms with van der Waals surface area (Å²) in [6.07, 6.45) is 0. The first-order valence-corrected chi connectivity index (χ1v) is 8.69. The summed E-state index contributed by atoms with van der Waals surface area (Å²) in [5, 5.41) is 4.03. The number of alkyl halides is 2. The normalized spacial score (nSPS) is 11.2. The van der Waals surface area contributed by atoms with Gasteiger partial charge in [0.15, 0.2) is 0 Å². The molecule has 0 aliphatic carbocycles. The Kier molecular flexibility index (Phi) is 5.20. The van der Waals surface area contributed by atoms with Crippen LogP contribution >= 0.6 is 27.7 Å². The number of nitrogens with one attached hydrogen (secondary N) is 1. The van der Waals surface area contributed by atoms with Gasteiger partial charge in [0.2, 0.25) is 0 Å². The number of benzene rings is 2.